The van der Waals surface area contributed by atoms with Gasteiger partial charge in [-0.3, -0.25) is 0 Å². The maximum atomic E-state index is 5.70. The summed E-state index contributed by atoms with van der Waals surface area (Å²) in [5, 5.41) is 0. The molecule has 0 radical (unpaired) electrons. The van der Waals surface area contributed by atoms with Crippen LogP contribution in [-0.4, -0.2) is 6.61 Å². The fourth-order valence-electron chi connectivity index (χ4n) is 1.97. The Balaban J connectivity index is 2.36. The van der Waals surface area contributed by atoms with Crippen LogP contribution in [0.4, 0.5) is 0 Å². The molecule has 0 bridgehead atoms. The molecule has 0 aliphatic carbocycles. The van der Waals surface area contributed by atoms with E-state index in [4.69, 9.17) is 4.74 Å². The SMILES string of the molecule is CCC(C)(C)c1ccc2c(c1)OCCC2. The van der Waals surface area contributed by atoms with Gasteiger partial charge in [0.1, 0.15) is 5.75 Å². The second-order valence-corrected chi connectivity index (χ2v) is 5.01. The lowest BCUT2D eigenvalue weighted by molar-refractivity contribution is 0.287. The fraction of sp³-hybridized carbons (Fsp3) is 0.571. The molecule has 2 rings (SSSR count). The minimum Gasteiger partial charge on any atom is -0.493 e. The normalized spacial score (nSPS) is 15.7. The average molecular weight is 204 g/mol. The zero-order chi connectivity index (χ0) is 10.9. The standard InChI is InChI=1S/C14H20O/c1-4-14(2,3)12-8-7-11-6-5-9-15-13(11)10-12/h7-8,10H,4-6,9H2,1-3H3. The summed E-state index contributed by atoms with van der Waals surface area (Å²) in [6.07, 6.45) is 3.48. The molecule has 1 aliphatic rings. The Bertz CT molecular complexity index is 352. The Morgan fingerprint density at radius 3 is 2.87 bits per heavy atom. The van der Waals surface area contributed by atoms with E-state index in [1.54, 1.807) is 0 Å². The predicted octanol–water partition coefficient (Wildman–Crippen LogP) is 3.70. The summed E-state index contributed by atoms with van der Waals surface area (Å²) in [4.78, 5) is 0. The molecule has 1 nitrogen and oxygen atoms in total. The van der Waals surface area contributed by atoms with Gasteiger partial charge in [-0.05, 0) is 41.9 Å². The third-order valence-corrected chi connectivity index (χ3v) is 3.58. The molecule has 1 heterocycles. The maximum absolute atomic E-state index is 5.70. The van der Waals surface area contributed by atoms with E-state index < -0.39 is 0 Å². The minimum atomic E-state index is 0.260. The quantitative estimate of drug-likeness (QED) is 0.713. The molecule has 0 unspecified atom stereocenters. The van der Waals surface area contributed by atoms with Crippen LogP contribution in [0.25, 0.3) is 0 Å². The largest absolute Gasteiger partial charge is 0.493 e. The van der Waals surface area contributed by atoms with Crippen LogP contribution >= 0.6 is 0 Å². The molecule has 0 saturated carbocycles. The lowest BCUT2D eigenvalue weighted by Gasteiger charge is -2.26. The zero-order valence-electron chi connectivity index (χ0n) is 9.97. The van der Waals surface area contributed by atoms with Crippen molar-refractivity contribution in [3.05, 3.63) is 29.3 Å². The van der Waals surface area contributed by atoms with Crippen LogP contribution in [0, 0.1) is 0 Å². The van der Waals surface area contributed by atoms with Gasteiger partial charge in [-0.2, -0.15) is 0 Å². The minimum absolute atomic E-state index is 0.260. The smallest absolute Gasteiger partial charge is 0.122 e. The first kappa shape index (κ1) is 10.5. The Morgan fingerprint density at radius 2 is 2.13 bits per heavy atom. The van der Waals surface area contributed by atoms with Crippen LogP contribution < -0.4 is 4.74 Å². The van der Waals surface area contributed by atoms with Crippen molar-refractivity contribution in [2.45, 2.75) is 45.4 Å². The van der Waals surface area contributed by atoms with E-state index in [9.17, 15) is 0 Å². The van der Waals surface area contributed by atoms with Crippen molar-refractivity contribution in [1.82, 2.24) is 0 Å². The summed E-state index contributed by atoms with van der Waals surface area (Å²) in [6, 6.07) is 6.73. The van der Waals surface area contributed by atoms with Gasteiger partial charge in [-0.15, -0.1) is 0 Å². The summed E-state index contributed by atoms with van der Waals surface area (Å²) in [5.74, 6) is 1.11. The van der Waals surface area contributed by atoms with Crippen LogP contribution in [0.5, 0.6) is 5.75 Å². The second kappa shape index (κ2) is 3.88. The van der Waals surface area contributed by atoms with Gasteiger partial charge in [0.05, 0.1) is 6.61 Å². The van der Waals surface area contributed by atoms with Gasteiger partial charge in [0.15, 0.2) is 0 Å². The van der Waals surface area contributed by atoms with E-state index in [0.29, 0.717) is 0 Å². The molecule has 0 fully saturated rings. The molecule has 1 aromatic rings. The monoisotopic (exact) mass is 204 g/mol. The number of hydrogen-bond acceptors (Lipinski definition) is 1. The first-order chi connectivity index (χ1) is 7.13. The highest BCUT2D eigenvalue weighted by Crippen LogP contribution is 2.33. The van der Waals surface area contributed by atoms with E-state index in [0.717, 1.165) is 25.2 Å². The Labute approximate surface area is 92.5 Å². The van der Waals surface area contributed by atoms with Gasteiger partial charge in [0.25, 0.3) is 0 Å². The van der Waals surface area contributed by atoms with Crippen LogP contribution in [0.1, 0.15) is 44.7 Å². The number of aryl methyl sites for hydroxylation is 1. The van der Waals surface area contributed by atoms with Crippen molar-refractivity contribution in [3.8, 4) is 5.75 Å². The number of ether oxygens (including phenoxy) is 1. The summed E-state index contributed by atoms with van der Waals surface area (Å²) < 4.78 is 5.70. The highest BCUT2D eigenvalue weighted by Gasteiger charge is 2.20. The molecule has 0 spiro atoms. The Kier molecular flexibility index (Phi) is 2.72. The van der Waals surface area contributed by atoms with E-state index >= 15 is 0 Å². The van der Waals surface area contributed by atoms with Crippen LogP contribution in [0.15, 0.2) is 18.2 Å². The van der Waals surface area contributed by atoms with E-state index in [2.05, 4.69) is 39.0 Å². The van der Waals surface area contributed by atoms with Crippen molar-refractivity contribution in [2.24, 2.45) is 0 Å². The van der Waals surface area contributed by atoms with E-state index in [1.807, 2.05) is 0 Å². The second-order valence-electron chi connectivity index (χ2n) is 5.01. The van der Waals surface area contributed by atoms with Crippen molar-refractivity contribution in [1.29, 1.82) is 0 Å². The predicted molar refractivity (Wildman–Crippen MR) is 63.6 cm³/mol. The zero-order valence-corrected chi connectivity index (χ0v) is 9.97. The Hall–Kier alpha value is -0.980. The summed E-state index contributed by atoms with van der Waals surface area (Å²) >= 11 is 0. The molecule has 0 amide bonds. The molecular formula is C14H20O. The number of fused-ring (bicyclic) bond motifs is 1. The van der Waals surface area contributed by atoms with Gasteiger partial charge >= 0.3 is 0 Å². The first-order valence-electron chi connectivity index (χ1n) is 5.90. The third kappa shape index (κ3) is 2.01. The highest BCUT2D eigenvalue weighted by atomic mass is 16.5. The molecule has 0 atom stereocenters. The topological polar surface area (TPSA) is 9.23 Å². The van der Waals surface area contributed by atoms with Crippen molar-refractivity contribution in [3.63, 3.8) is 0 Å². The lowest BCUT2D eigenvalue weighted by Crippen LogP contribution is -2.17. The van der Waals surface area contributed by atoms with Crippen molar-refractivity contribution >= 4 is 0 Å². The fourth-order valence-corrected chi connectivity index (χ4v) is 1.97. The molecule has 0 N–H and O–H groups in total. The molecule has 1 aliphatic heterocycles. The van der Waals surface area contributed by atoms with Crippen LogP contribution in [0.2, 0.25) is 0 Å². The molecule has 82 valence electrons. The molecule has 15 heavy (non-hydrogen) atoms. The van der Waals surface area contributed by atoms with E-state index in [1.165, 1.54) is 17.5 Å². The van der Waals surface area contributed by atoms with Gasteiger partial charge in [-0.25, -0.2) is 0 Å². The summed E-state index contributed by atoms with van der Waals surface area (Å²) in [7, 11) is 0. The molecule has 0 saturated heterocycles. The highest BCUT2D eigenvalue weighted by molar-refractivity contribution is 5.41. The summed E-state index contributed by atoms with van der Waals surface area (Å²) in [5.41, 5.74) is 3.03. The molecule has 1 aromatic carbocycles. The van der Waals surface area contributed by atoms with Crippen LogP contribution in [-0.2, 0) is 11.8 Å². The maximum Gasteiger partial charge on any atom is 0.122 e. The van der Waals surface area contributed by atoms with Gasteiger partial charge < -0.3 is 4.74 Å². The van der Waals surface area contributed by atoms with E-state index in [-0.39, 0.29) is 5.41 Å². The number of rotatable bonds is 2. The van der Waals surface area contributed by atoms with Crippen molar-refractivity contribution < 1.29 is 4.74 Å². The van der Waals surface area contributed by atoms with Crippen LogP contribution in [0.3, 0.4) is 0 Å². The molecule has 1 heteroatoms. The van der Waals surface area contributed by atoms with Gasteiger partial charge in [0, 0.05) is 0 Å². The summed E-state index contributed by atoms with van der Waals surface area (Å²) in [6.45, 7) is 7.69. The third-order valence-electron chi connectivity index (χ3n) is 3.58. The number of hydrogen-bond donors (Lipinski definition) is 0. The average Bonchev–Trinajstić information content (AvgIpc) is 2.28. The first-order valence-corrected chi connectivity index (χ1v) is 5.90. The number of benzene rings is 1. The molecule has 0 aromatic heterocycles. The lowest BCUT2D eigenvalue weighted by atomic mass is 9.81. The van der Waals surface area contributed by atoms with Crippen molar-refractivity contribution in [2.75, 3.05) is 6.61 Å². The van der Waals surface area contributed by atoms with Gasteiger partial charge in [-0.1, -0.05) is 32.9 Å². The molecular weight excluding hydrogens is 184 g/mol. The Morgan fingerprint density at radius 1 is 1.33 bits per heavy atom. The van der Waals surface area contributed by atoms with Gasteiger partial charge in [0.2, 0.25) is 0 Å².